The van der Waals surface area contributed by atoms with Gasteiger partial charge in [-0.2, -0.15) is 5.10 Å². The molecule has 118 valence electrons. The molecule has 0 saturated carbocycles. The van der Waals surface area contributed by atoms with Gasteiger partial charge in [0.25, 0.3) is 5.56 Å². The van der Waals surface area contributed by atoms with Crippen molar-refractivity contribution in [1.82, 2.24) is 19.3 Å². The maximum Gasteiger partial charge on any atom is 0.338 e. The van der Waals surface area contributed by atoms with Crippen molar-refractivity contribution in [3.05, 3.63) is 58.0 Å². The number of aryl methyl sites for hydroxylation is 1. The van der Waals surface area contributed by atoms with Crippen molar-refractivity contribution in [2.24, 2.45) is 7.05 Å². The van der Waals surface area contributed by atoms with Gasteiger partial charge in [-0.1, -0.05) is 6.07 Å². The van der Waals surface area contributed by atoms with Gasteiger partial charge in [-0.05, 0) is 17.7 Å². The van der Waals surface area contributed by atoms with Crippen molar-refractivity contribution in [1.29, 1.82) is 0 Å². The lowest BCUT2D eigenvalue weighted by molar-refractivity contribution is 0.0598. The molecule has 0 fully saturated rings. The molecule has 0 radical (unpaired) electrons. The first-order valence-electron chi connectivity index (χ1n) is 6.75. The van der Waals surface area contributed by atoms with Gasteiger partial charge in [0.2, 0.25) is 0 Å². The minimum Gasteiger partial charge on any atom is -0.465 e. The Bertz CT molecular complexity index is 961. The molecule has 7 nitrogen and oxygen atoms in total. The van der Waals surface area contributed by atoms with Crippen LogP contribution in [0.2, 0.25) is 0 Å². The lowest BCUT2D eigenvalue weighted by Gasteiger charge is -2.10. The minimum absolute atomic E-state index is 0.0708. The van der Waals surface area contributed by atoms with Crippen molar-refractivity contribution in [3.8, 4) is 0 Å². The van der Waals surface area contributed by atoms with E-state index in [2.05, 4.69) is 14.8 Å². The Labute approximate surface area is 129 Å². The van der Waals surface area contributed by atoms with E-state index in [4.69, 9.17) is 0 Å². The number of ether oxygens (including phenoxy) is 1. The van der Waals surface area contributed by atoms with Gasteiger partial charge in [0.1, 0.15) is 17.5 Å². The molecule has 0 unspecified atom stereocenters. The average Bonchev–Trinajstić information content (AvgIpc) is 2.92. The predicted octanol–water partition coefficient (Wildman–Crippen LogP) is 1.10. The number of rotatable bonds is 3. The minimum atomic E-state index is -0.664. The highest BCUT2D eigenvalue weighted by atomic mass is 19.1. The van der Waals surface area contributed by atoms with Crippen LogP contribution in [0, 0.1) is 5.82 Å². The molecule has 0 N–H and O–H groups in total. The van der Waals surface area contributed by atoms with Crippen LogP contribution in [-0.4, -0.2) is 32.4 Å². The summed E-state index contributed by atoms with van der Waals surface area (Å²) in [6.45, 7) is 0.0708. The topological polar surface area (TPSA) is 79.0 Å². The number of esters is 1. The second kappa shape index (κ2) is 5.64. The summed E-state index contributed by atoms with van der Waals surface area (Å²) in [6, 6.07) is 3.76. The van der Waals surface area contributed by atoms with Crippen molar-refractivity contribution in [2.75, 3.05) is 7.11 Å². The Morgan fingerprint density at radius 2 is 2.17 bits per heavy atom. The maximum atomic E-state index is 13.4. The third kappa shape index (κ3) is 2.59. The average molecular weight is 316 g/mol. The zero-order valence-corrected chi connectivity index (χ0v) is 12.5. The van der Waals surface area contributed by atoms with Crippen LogP contribution in [0.1, 0.15) is 15.9 Å². The molecule has 0 spiro atoms. The summed E-state index contributed by atoms with van der Waals surface area (Å²) < 4.78 is 20.9. The molecule has 0 aliphatic carbocycles. The summed E-state index contributed by atoms with van der Waals surface area (Å²) in [4.78, 5) is 28.4. The molecule has 0 bridgehead atoms. The van der Waals surface area contributed by atoms with Gasteiger partial charge in [0.05, 0.1) is 25.4 Å². The highest BCUT2D eigenvalue weighted by Crippen LogP contribution is 2.14. The monoisotopic (exact) mass is 316 g/mol. The molecule has 3 rings (SSSR count). The van der Waals surface area contributed by atoms with Gasteiger partial charge < -0.3 is 4.74 Å². The molecule has 0 atom stereocenters. The Balaban J connectivity index is 2.08. The van der Waals surface area contributed by atoms with Crippen LogP contribution in [0.5, 0.6) is 0 Å². The number of carbonyl (C=O) groups excluding carboxylic acids is 1. The first-order valence-corrected chi connectivity index (χ1v) is 6.75. The van der Waals surface area contributed by atoms with Gasteiger partial charge in [-0.15, -0.1) is 0 Å². The molecule has 1 aromatic carbocycles. The lowest BCUT2D eigenvalue weighted by Crippen LogP contribution is -2.22. The molecular formula is C15H13FN4O3. The standard InChI is InChI=1S/C15H13FN4O3/c1-19-13-12(6-18-19)14(21)20(8-17-13)7-9-3-4-10(16)5-11(9)15(22)23-2/h3-6,8H,7H2,1-2H3. The Hall–Kier alpha value is -3.03. The van der Waals surface area contributed by atoms with Crippen LogP contribution in [0.25, 0.3) is 11.0 Å². The van der Waals surface area contributed by atoms with E-state index in [0.29, 0.717) is 16.6 Å². The summed E-state index contributed by atoms with van der Waals surface area (Å²) in [5, 5.41) is 4.36. The number of nitrogens with zero attached hydrogens (tertiary/aromatic N) is 4. The molecular weight excluding hydrogens is 303 g/mol. The molecule has 0 aliphatic heterocycles. The number of hydrogen-bond donors (Lipinski definition) is 0. The molecule has 0 saturated heterocycles. The second-order valence-corrected chi connectivity index (χ2v) is 4.98. The van der Waals surface area contributed by atoms with Crippen LogP contribution < -0.4 is 5.56 Å². The van der Waals surface area contributed by atoms with Gasteiger partial charge >= 0.3 is 5.97 Å². The van der Waals surface area contributed by atoms with Crippen LogP contribution in [-0.2, 0) is 18.3 Å². The number of aromatic nitrogens is 4. The molecule has 2 aromatic heterocycles. The molecule has 3 aromatic rings. The highest BCUT2D eigenvalue weighted by Gasteiger charge is 2.15. The van der Waals surface area contributed by atoms with Gasteiger partial charge in [0.15, 0.2) is 5.65 Å². The third-order valence-corrected chi connectivity index (χ3v) is 3.54. The number of methoxy groups -OCH3 is 1. The van der Waals surface area contributed by atoms with E-state index in [9.17, 15) is 14.0 Å². The fourth-order valence-corrected chi connectivity index (χ4v) is 2.35. The summed E-state index contributed by atoms with van der Waals surface area (Å²) in [6.07, 6.45) is 2.81. The fourth-order valence-electron chi connectivity index (χ4n) is 2.35. The number of fused-ring (bicyclic) bond motifs is 1. The summed E-state index contributed by atoms with van der Waals surface area (Å²) in [5.74, 6) is -1.22. The maximum absolute atomic E-state index is 13.4. The number of benzene rings is 1. The molecule has 0 aliphatic rings. The molecule has 0 amide bonds. The first kappa shape index (κ1) is 14.9. The largest absolute Gasteiger partial charge is 0.465 e. The van der Waals surface area contributed by atoms with E-state index < -0.39 is 11.8 Å². The van der Waals surface area contributed by atoms with E-state index in [1.54, 1.807) is 7.05 Å². The highest BCUT2D eigenvalue weighted by molar-refractivity contribution is 5.91. The third-order valence-electron chi connectivity index (χ3n) is 3.54. The second-order valence-electron chi connectivity index (χ2n) is 4.98. The molecule has 2 heterocycles. The fraction of sp³-hybridized carbons (Fsp3) is 0.200. The summed E-state index contributed by atoms with van der Waals surface area (Å²) in [5.41, 5.74) is 0.720. The summed E-state index contributed by atoms with van der Waals surface area (Å²) in [7, 11) is 2.90. The van der Waals surface area contributed by atoms with Gasteiger partial charge in [-0.3, -0.25) is 14.0 Å². The van der Waals surface area contributed by atoms with Crippen LogP contribution >= 0.6 is 0 Å². The number of carbonyl (C=O) groups is 1. The quantitative estimate of drug-likeness (QED) is 0.676. The zero-order chi connectivity index (χ0) is 16.6. The number of hydrogen-bond acceptors (Lipinski definition) is 5. The SMILES string of the molecule is COC(=O)c1cc(F)ccc1Cn1cnc2c(cnn2C)c1=O. The van der Waals surface area contributed by atoms with E-state index in [1.165, 1.54) is 41.0 Å². The number of halogens is 1. The van der Waals surface area contributed by atoms with Crippen molar-refractivity contribution < 1.29 is 13.9 Å². The van der Waals surface area contributed by atoms with Crippen molar-refractivity contribution in [3.63, 3.8) is 0 Å². The van der Waals surface area contributed by atoms with Crippen LogP contribution in [0.4, 0.5) is 4.39 Å². The first-order chi connectivity index (χ1) is 11.0. The van der Waals surface area contributed by atoms with Crippen LogP contribution in [0.3, 0.4) is 0 Å². The normalized spacial score (nSPS) is 10.9. The Morgan fingerprint density at radius 3 is 2.91 bits per heavy atom. The Morgan fingerprint density at radius 1 is 1.39 bits per heavy atom. The Kier molecular flexibility index (Phi) is 3.65. The van der Waals surface area contributed by atoms with Crippen LogP contribution in [0.15, 0.2) is 35.5 Å². The molecule has 8 heteroatoms. The van der Waals surface area contributed by atoms with Gasteiger partial charge in [0, 0.05) is 7.05 Å². The van der Waals surface area contributed by atoms with E-state index in [1.807, 2.05) is 0 Å². The zero-order valence-electron chi connectivity index (χ0n) is 12.5. The molecule has 23 heavy (non-hydrogen) atoms. The van der Waals surface area contributed by atoms with Gasteiger partial charge in [-0.25, -0.2) is 14.2 Å². The lowest BCUT2D eigenvalue weighted by atomic mass is 10.1. The van der Waals surface area contributed by atoms with E-state index in [0.717, 1.165) is 6.07 Å². The smallest absolute Gasteiger partial charge is 0.338 e. The van der Waals surface area contributed by atoms with Crippen molar-refractivity contribution >= 4 is 17.0 Å². The van der Waals surface area contributed by atoms with E-state index >= 15 is 0 Å². The predicted molar refractivity (Wildman–Crippen MR) is 79.6 cm³/mol. The summed E-state index contributed by atoms with van der Waals surface area (Å²) >= 11 is 0. The van der Waals surface area contributed by atoms with E-state index in [-0.39, 0.29) is 17.7 Å². The van der Waals surface area contributed by atoms with Crippen molar-refractivity contribution in [2.45, 2.75) is 6.54 Å².